The summed E-state index contributed by atoms with van der Waals surface area (Å²) in [5, 5.41) is 0. The van der Waals surface area contributed by atoms with Crippen molar-refractivity contribution in [3.05, 3.63) is 95.2 Å². The lowest BCUT2D eigenvalue weighted by Crippen LogP contribution is -1.98. The molecule has 0 radical (unpaired) electrons. The molecule has 0 spiro atoms. The molecule has 3 aromatic carbocycles. The summed E-state index contributed by atoms with van der Waals surface area (Å²) in [6.45, 7) is 0.458. The normalized spacial score (nSPS) is 14.0. The van der Waals surface area contributed by atoms with Crippen LogP contribution in [0.5, 0.6) is 17.2 Å². The van der Waals surface area contributed by atoms with E-state index in [0.29, 0.717) is 29.4 Å². The van der Waals surface area contributed by atoms with E-state index in [1.807, 2.05) is 54.6 Å². The number of hydrogen-bond acceptors (Lipinski definition) is 4. The van der Waals surface area contributed by atoms with Gasteiger partial charge in [0.25, 0.3) is 0 Å². The summed E-state index contributed by atoms with van der Waals surface area (Å²) in [5.74, 6) is 2.05. The molecule has 0 N–H and O–H groups in total. The summed E-state index contributed by atoms with van der Waals surface area (Å²) in [4.78, 5) is 12.6. The molecule has 0 fully saturated rings. The first kappa shape index (κ1) is 16.9. The average Bonchev–Trinajstić information content (AvgIpc) is 3.02. The number of hydrogen-bond donors (Lipinski definition) is 0. The smallest absolute Gasteiger partial charge is 0.231 e. The monoisotopic (exact) mass is 358 g/mol. The number of carbonyl (C=O) groups is 1. The minimum atomic E-state index is -0.137. The van der Waals surface area contributed by atoms with Gasteiger partial charge in [0.15, 0.2) is 5.76 Å². The predicted octanol–water partition coefficient (Wildman–Crippen LogP) is 4.89. The van der Waals surface area contributed by atoms with Gasteiger partial charge < -0.3 is 14.2 Å². The maximum absolute atomic E-state index is 12.6. The van der Waals surface area contributed by atoms with E-state index in [-0.39, 0.29) is 5.78 Å². The zero-order valence-corrected chi connectivity index (χ0v) is 14.8. The summed E-state index contributed by atoms with van der Waals surface area (Å²) in [5.41, 5.74) is 2.45. The highest BCUT2D eigenvalue weighted by Crippen LogP contribution is 2.35. The Labute approximate surface area is 157 Å². The van der Waals surface area contributed by atoms with Crippen molar-refractivity contribution < 1.29 is 19.0 Å². The molecule has 0 amide bonds. The van der Waals surface area contributed by atoms with E-state index in [1.165, 1.54) is 0 Å². The van der Waals surface area contributed by atoms with Crippen molar-refractivity contribution >= 4 is 11.9 Å². The zero-order valence-electron chi connectivity index (χ0n) is 14.8. The molecule has 4 nitrogen and oxygen atoms in total. The van der Waals surface area contributed by atoms with Crippen LogP contribution in [0.3, 0.4) is 0 Å². The molecular weight excluding hydrogens is 340 g/mol. The second kappa shape index (κ2) is 7.38. The second-order valence-electron chi connectivity index (χ2n) is 6.15. The Balaban J connectivity index is 1.52. The van der Waals surface area contributed by atoms with Crippen LogP contribution in [0.25, 0.3) is 6.08 Å². The van der Waals surface area contributed by atoms with Crippen LogP contribution in [0.15, 0.2) is 78.6 Å². The van der Waals surface area contributed by atoms with Gasteiger partial charge in [0.05, 0.1) is 12.7 Å². The first-order valence-corrected chi connectivity index (χ1v) is 8.62. The first-order valence-electron chi connectivity index (χ1n) is 8.62. The summed E-state index contributed by atoms with van der Waals surface area (Å²) in [6.07, 6.45) is 1.72. The number of carbonyl (C=O) groups excluding carboxylic acids is 1. The quantitative estimate of drug-likeness (QED) is 0.609. The Morgan fingerprint density at radius 3 is 2.59 bits per heavy atom. The molecule has 0 saturated carbocycles. The van der Waals surface area contributed by atoms with Gasteiger partial charge in [0, 0.05) is 6.07 Å². The van der Waals surface area contributed by atoms with Crippen LogP contribution >= 0.6 is 0 Å². The Bertz CT molecular complexity index is 1010. The van der Waals surface area contributed by atoms with E-state index in [4.69, 9.17) is 14.2 Å². The van der Waals surface area contributed by atoms with E-state index in [2.05, 4.69) is 0 Å². The van der Waals surface area contributed by atoms with Crippen molar-refractivity contribution in [1.29, 1.82) is 0 Å². The van der Waals surface area contributed by atoms with Gasteiger partial charge in [-0.2, -0.15) is 0 Å². The fourth-order valence-electron chi connectivity index (χ4n) is 2.88. The van der Waals surface area contributed by atoms with E-state index < -0.39 is 0 Å². The number of methoxy groups -OCH3 is 1. The number of fused-ring (bicyclic) bond motifs is 1. The van der Waals surface area contributed by atoms with Crippen LogP contribution in [0.1, 0.15) is 21.5 Å². The molecule has 0 bridgehead atoms. The van der Waals surface area contributed by atoms with E-state index in [9.17, 15) is 4.79 Å². The fourth-order valence-corrected chi connectivity index (χ4v) is 2.88. The standard InChI is InChI=1S/C23H18O4/c1-25-18-9-5-8-17(12-18)13-22-23(24)20-11-10-19(14-21(20)27-22)26-15-16-6-3-2-4-7-16/h2-14H,15H2,1H3/b22-13+. The SMILES string of the molecule is COc1cccc(/C=C2/Oc3cc(OCc4ccccc4)ccc3C2=O)c1. The molecule has 0 unspecified atom stereocenters. The number of benzene rings is 3. The maximum atomic E-state index is 12.6. The lowest BCUT2D eigenvalue weighted by Gasteiger charge is -2.07. The lowest BCUT2D eigenvalue weighted by molar-refractivity contribution is 0.101. The maximum Gasteiger partial charge on any atom is 0.231 e. The number of Topliss-reactive ketones (excluding diaryl/α,β-unsaturated/α-hetero) is 1. The molecular formula is C23H18O4. The molecule has 4 heteroatoms. The van der Waals surface area contributed by atoms with Gasteiger partial charge in [-0.15, -0.1) is 0 Å². The molecule has 0 aromatic heterocycles. The Morgan fingerprint density at radius 1 is 0.926 bits per heavy atom. The zero-order chi connectivity index (χ0) is 18.6. The average molecular weight is 358 g/mol. The topological polar surface area (TPSA) is 44.8 Å². The summed E-state index contributed by atoms with van der Waals surface area (Å²) >= 11 is 0. The van der Waals surface area contributed by atoms with Crippen LogP contribution in [-0.4, -0.2) is 12.9 Å². The molecule has 0 aliphatic carbocycles. The van der Waals surface area contributed by atoms with Gasteiger partial charge in [0.2, 0.25) is 5.78 Å². The minimum Gasteiger partial charge on any atom is -0.497 e. The predicted molar refractivity (Wildman–Crippen MR) is 103 cm³/mol. The van der Waals surface area contributed by atoms with Crippen LogP contribution in [0, 0.1) is 0 Å². The summed E-state index contributed by atoms with van der Waals surface area (Å²) < 4.78 is 16.8. The highest BCUT2D eigenvalue weighted by Gasteiger charge is 2.27. The van der Waals surface area contributed by atoms with Gasteiger partial charge in [-0.25, -0.2) is 0 Å². The second-order valence-corrected chi connectivity index (χ2v) is 6.15. The number of ketones is 1. The van der Waals surface area contributed by atoms with Gasteiger partial charge >= 0.3 is 0 Å². The van der Waals surface area contributed by atoms with Crippen LogP contribution < -0.4 is 14.2 Å². The molecule has 27 heavy (non-hydrogen) atoms. The highest BCUT2D eigenvalue weighted by atomic mass is 16.5. The fraction of sp³-hybridized carbons (Fsp3) is 0.0870. The Kier molecular flexibility index (Phi) is 4.62. The number of ether oxygens (including phenoxy) is 3. The molecule has 4 rings (SSSR count). The highest BCUT2D eigenvalue weighted by molar-refractivity contribution is 6.14. The first-order chi connectivity index (χ1) is 13.2. The van der Waals surface area contributed by atoms with Gasteiger partial charge in [-0.05, 0) is 41.5 Å². The summed E-state index contributed by atoms with van der Waals surface area (Å²) in [7, 11) is 1.61. The number of rotatable bonds is 5. The van der Waals surface area contributed by atoms with Crippen molar-refractivity contribution in [1.82, 2.24) is 0 Å². The van der Waals surface area contributed by atoms with Crippen molar-refractivity contribution in [2.45, 2.75) is 6.61 Å². The third-order valence-electron chi connectivity index (χ3n) is 4.28. The van der Waals surface area contributed by atoms with E-state index in [1.54, 1.807) is 31.4 Å². The Morgan fingerprint density at radius 2 is 1.78 bits per heavy atom. The molecule has 0 saturated heterocycles. The van der Waals surface area contributed by atoms with Crippen molar-refractivity contribution in [3.8, 4) is 17.2 Å². The third-order valence-corrected chi connectivity index (χ3v) is 4.28. The van der Waals surface area contributed by atoms with Crippen LogP contribution in [0.4, 0.5) is 0 Å². The van der Waals surface area contributed by atoms with Gasteiger partial charge in [0.1, 0.15) is 23.9 Å². The molecule has 1 aliphatic heterocycles. The van der Waals surface area contributed by atoms with E-state index in [0.717, 1.165) is 16.9 Å². The van der Waals surface area contributed by atoms with Crippen molar-refractivity contribution in [3.63, 3.8) is 0 Å². The van der Waals surface area contributed by atoms with Crippen LogP contribution in [-0.2, 0) is 6.61 Å². The molecule has 1 aliphatic rings. The molecule has 134 valence electrons. The minimum absolute atomic E-state index is 0.137. The van der Waals surface area contributed by atoms with Gasteiger partial charge in [-0.1, -0.05) is 42.5 Å². The molecule has 0 atom stereocenters. The lowest BCUT2D eigenvalue weighted by atomic mass is 10.1. The van der Waals surface area contributed by atoms with Crippen molar-refractivity contribution in [2.24, 2.45) is 0 Å². The molecule has 1 heterocycles. The van der Waals surface area contributed by atoms with Gasteiger partial charge in [-0.3, -0.25) is 4.79 Å². The van der Waals surface area contributed by atoms with Crippen molar-refractivity contribution in [2.75, 3.05) is 7.11 Å². The third kappa shape index (κ3) is 3.70. The Hall–Kier alpha value is -3.53. The number of allylic oxidation sites excluding steroid dienone is 1. The van der Waals surface area contributed by atoms with Crippen LogP contribution in [0.2, 0.25) is 0 Å². The summed E-state index contributed by atoms with van der Waals surface area (Å²) in [6, 6.07) is 22.7. The largest absolute Gasteiger partial charge is 0.497 e. The van der Waals surface area contributed by atoms with E-state index >= 15 is 0 Å². The molecule has 3 aromatic rings.